The van der Waals surface area contributed by atoms with Crippen LogP contribution in [0.5, 0.6) is 0 Å². The van der Waals surface area contributed by atoms with E-state index in [1.54, 1.807) is 0 Å². The standard InChI is InChI=1S/C13H24/c1-5-7-9-11-13(3,4)12-10-8-6-2/h7-10H,5-6,11-12H2,1-4H3. The second-order valence-corrected chi connectivity index (χ2v) is 4.33. The van der Waals surface area contributed by atoms with Gasteiger partial charge in [-0.1, -0.05) is 52.0 Å². The van der Waals surface area contributed by atoms with Crippen molar-refractivity contribution in [2.75, 3.05) is 0 Å². The van der Waals surface area contributed by atoms with Gasteiger partial charge in [-0.25, -0.2) is 0 Å². The summed E-state index contributed by atoms with van der Waals surface area (Å²) in [4.78, 5) is 0. The average molecular weight is 180 g/mol. The quantitative estimate of drug-likeness (QED) is 0.519. The Balaban J connectivity index is 3.78. The van der Waals surface area contributed by atoms with Crippen LogP contribution in [0.25, 0.3) is 0 Å². The van der Waals surface area contributed by atoms with Crippen LogP contribution >= 0.6 is 0 Å². The highest BCUT2D eigenvalue weighted by Gasteiger charge is 2.13. The largest absolute Gasteiger partial charge is 0.0888 e. The monoisotopic (exact) mass is 180 g/mol. The maximum Gasteiger partial charge on any atom is -0.0285 e. The number of allylic oxidation sites excluding steroid dienone is 4. The zero-order chi connectivity index (χ0) is 10.2. The van der Waals surface area contributed by atoms with Gasteiger partial charge in [0.2, 0.25) is 0 Å². The third kappa shape index (κ3) is 7.83. The van der Waals surface area contributed by atoms with Gasteiger partial charge in [0, 0.05) is 0 Å². The fourth-order valence-electron chi connectivity index (χ4n) is 1.22. The van der Waals surface area contributed by atoms with E-state index in [4.69, 9.17) is 0 Å². The Morgan fingerprint density at radius 3 is 1.46 bits per heavy atom. The van der Waals surface area contributed by atoms with Crippen LogP contribution in [0.3, 0.4) is 0 Å². The predicted octanol–water partition coefficient (Wildman–Crippen LogP) is 4.73. The zero-order valence-corrected chi connectivity index (χ0v) is 9.64. The van der Waals surface area contributed by atoms with Gasteiger partial charge in [0.25, 0.3) is 0 Å². The van der Waals surface area contributed by atoms with Crippen molar-refractivity contribution < 1.29 is 0 Å². The Labute approximate surface area is 83.7 Å². The molecule has 0 aliphatic carbocycles. The minimum Gasteiger partial charge on any atom is -0.0888 e. The number of rotatable bonds is 6. The molecular weight excluding hydrogens is 156 g/mol. The predicted molar refractivity (Wildman–Crippen MR) is 61.9 cm³/mol. The fraction of sp³-hybridized carbons (Fsp3) is 0.692. The van der Waals surface area contributed by atoms with Gasteiger partial charge in [-0.2, -0.15) is 0 Å². The van der Waals surface area contributed by atoms with E-state index in [-0.39, 0.29) is 0 Å². The summed E-state index contributed by atoms with van der Waals surface area (Å²) in [7, 11) is 0. The summed E-state index contributed by atoms with van der Waals surface area (Å²) in [5.41, 5.74) is 0.428. The molecular formula is C13H24. The molecule has 0 aliphatic rings. The smallest absolute Gasteiger partial charge is 0.0285 e. The van der Waals surface area contributed by atoms with E-state index in [0.29, 0.717) is 5.41 Å². The molecule has 0 atom stereocenters. The Morgan fingerprint density at radius 1 is 0.769 bits per heavy atom. The second kappa shape index (κ2) is 6.94. The van der Waals surface area contributed by atoms with Crippen molar-refractivity contribution in [3.05, 3.63) is 24.3 Å². The first kappa shape index (κ1) is 12.5. The van der Waals surface area contributed by atoms with E-state index < -0.39 is 0 Å². The molecule has 0 nitrogen and oxygen atoms in total. The Hall–Kier alpha value is -0.520. The van der Waals surface area contributed by atoms with Crippen molar-refractivity contribution in [3.8, 4) is 0 Å². The molecule has 13 heavy (non-hydrogen) atoms. The lowest BCUT2D eigenvalue weighted by atomic mass is 9.85. The maximum absolute atomic E-state index is 2.33. The number of hydrogen-bond donors (Lipinski definition) is 0. The number of hydrogen-bond acceptors (Lipinski definition) is 0. The Morgan fingerprint density at radius 2 is 1.15 bits per heavy atom. The van der Waals surface area contributed by atoms with Gasteiger partial charge in [0.15, 0.2) is 0 Å². The molecule has 0 saturated carbocycles. The van der Waals surface area contributed by atoms with E-state index in [2.05, 4.69) is 52.0 Å². The van der Waals surface area contributed by atoms with Crippen molar-refractivity contribution in [1.82, 2.24) is 0 Å². The molecule has 0 spiro atoms. The first-order valence-electron chi connectivity index (χ1n) is 5.42. The molecule has 0 unspecified atom stereocenters. The lowest BCUT2D eigenvalue weighted by molar-refractivity contribution is 0.376. The highest BCUT2D eigenvalue weighted by molar-refractivity contribution is 4.92. The molecule has 0 heteroatoms. The molecule has 0 fully saturated rings. The van der Waals surface area contributed by atoms with Gasteiger partial charge in [-0.05, 0) is 31.1 Å². The summed E-state index contributed by atoms with van der Waals surface area (Å²) >= 11 is 0. The van der Waals surface area contributed by atoms with Crippen molar-refractivity contribution in [1.29, 1.82) is 0 Å². The topological polar surface area (TPSA) is 0 Å². The van der Waals surface area contributed by atoms with Crippen molar-refractivity contribution >= 4 is 0 Å². The summed E-state index contributed by atoms with van der Waals surface area (Å²) in [5, 5.41) is 0. The average Bonchev–Trinajstić information content (AvgIpc) is 2.05. The first-order valence-corrected chi connectivity index (χ1v) is 5.42. The van der Waals surface area contributed by atoms with Crippen LogP contribution in [-0.2, 0) is 0 Å². The molecule has 0 aromatic rings. The van der Waals surface area contributed by atoms with Gasteiger partial charge in [0.1, 0.15) is 0 Å². The third-order valence-electron chi connectivity index (χ3n) is 2.15. The van der Waals surface area contributed by atoms with E-state index >= 15 is 0 Å². The molecule has 76 valence electrons. The normalized spacial score (nSPS) is 13.2. The van der Waals surface area contributed by atoms with Crippen molar-refractivity contribution in [2.24, 2.45) is 5.41 Å². The molecule has 0 N–H and O–H groups in total. The lowest BCUT2D eigenvalue weighted by Crippen LogP contribution is -2.07. The zero-order valence-electron chi connectivity index (χ0n) is 9.64. The Kier molecular flexibility index (Phi) is 6.66. The van der Waals surface area contributed by atoms with E-state index in [1.165, 1.54) is 12.8 Å². The maximum atomic E-state index is 2.33. The molecule has 0 heterocycles. The van der Waals surface area contributed by atoms with Crippen LogP contribution in [0.1, 0.15) is 53.4 Å². The summed E-state index contributed by atoms with van der Waals surface area (Å²) in [5.74, 6) is 0. The minimum atomic E-state index is 0.428. The lowest BCUT2D eigenvalue weighted by Gasteiger charge is -2.20. The van der Waals surface area contributed by atoms with Crippen LogP contribution in [-0.4, -0.2) is 0 Å². The molecule has 0 aromatic carbocycles. The molecule has 0 saturated heterocycles. The van der Waals surface area contributed by atoms with Crippen molar-refractivity contribution in [2.45, 2.75) is 53.4 Å². The van der Waals surface area contributed by atoms with Gasteiger partial charge in [-0.3, -0.25) is 0 Å². The molecule has 0 radical (unpaired) electrons. The fourth-order valence-corrected chi connectivity index (χ4v) is 1.22. The van der Waals surface area contributed by atoms with Gasteiger partial charge >= 0.3 is 0 Å². The molecule has 0 bridgehead atoms. The van der Waals surface area contributed by atoms with Crippen LogP contribution in [0.15, 0.2) is 24.3 Å². The third-order valence-corrected chi connectivity index (χ3v) is 2.15. The summed E-state index contributed by atoms with van der Waals surface area (Å²) in [6, 6.07) is 0. The summed E-state index contributed by atoms with van der Waals surface area (Å²) in [6.45, 7) is 9.01. The minimum absolute atomic E-state index is 0.428. The second-order valence-electron chi connectivity index (χ2n) is 4.33. The Bertz CT molecular complexity index is 143. The molecule has 0 aromatic heterocycles. The van der Waals surface area contributed by atoms with E-state index in [0.717, 1.165) is 12.8 Å². The summed E-state index contributed by atoms with van der Waals surface area (Å²) < 4.78 is 0. The van der Waals surface area contributed by atoms with Crippen LogP contribution < -0.4 is 0 Å². The van der Waals surface area contributed by atoms with Crippen LogP contribution in [0.2, 0.25) is 0 Å². The molecule has 0 rings (SSSR count). The van der Waals surface area contributed by atoms with Crippen molar-refractivity contribution in [3.63, 3.8) is 0 Å². The first-order chi connectivity index (χ1) is 6.12. The molecule has 0 aliphatic heterocycles. The van der Waals surface area contributed by atoms with Crippen LogP contribution in [0.4, 0.5) is 0 Å². The molecule has 0 amide bonds. The van der Waals surface area contributed by atoms with Gasteiger partial charge in [0.05, 0.1) is 0 Å². The highest BCUT2D eigenvalue weighted by Crippen LogP contribution is 2.26. The van der Waals surface area contributed by atoms with Crippen LogP contribution in [0, 0.1) is 5.41 Å². The van der Waals surface area contributed by atoms with E-state index in [9.17, 15) is 0 Å². The van der Waals surface area contributed by atoms with E-state index in [1.807, 2.05) is 0 Å². The highest BCUT2D eigenvalue weighted by atomic mass is 14.2. The summed E-state index contributed by atoms with van der Waals surface area (Å²) in [6.07, 6.45) is 13.8. The van der Waals surface area contributed by atoms with Gasteiger partial charge in [-0.15, -0.1) is 0 Å². The SMILES string of the molecule is CCC=CCC(C)(C)CC=CCC. The van der Waals surface area contributed by atoms with Gasteiger partial charge < -0.3 is 0 Å².